The number of benzene rings is 1. The van der Waals surface area contributed by atoms with Crippen LogP contribution in [0.3, 0.4) is 0 Å². The van der Waals surface area contributed by atoms with Crippen molar-refractivity contribution in [2.45, 2.75) is 6.54 Å². The number of rotatable bonds is 3. The van der Waals surface area contributed by atoms with E-state index in [-0.39, 0.29) is 6.54 Å². The predicted octanol–water partition coefficient (Wildman–Crippen LogP) is 0.513. The molecule has 0 bridgehead atoms. The molecule has 6 heteroatoms. The Hall–Kier alpha value is -2.24. The fraction of sp³-hybridized carbons (Fsp3) is 0.200. The Morgan fingerprint density at radius 2 is 2.12 bits per heavy atom. The second kappa shape index (κ2) is 4.52. The monoisotopic (exact) mass is 218 g/mol. The van der Waals surface area contributed by atoms with Crippen LogP contribution >= 0.6 is 0 Å². The number of esters is 1. The van der Waals surface area contributed by atoms with Crippen LogP contribution in [0, 0.1) is 0 Å². The van der Waals surface area contributed by atoms with E-state index >= 15 is 0 Å². The Bertz CT molecular complexity index is 481. The van der Waals surface area contributed by atoms with E-state index in [1.165, 1.54) is 11.9 Å². The van der Waals surface area contributed by atoms with Crippen LogP contribution in [-0.4, -0.2) is 33.3 Å². The molecule has 6 nitrogen and oxygen atoms in total. The lowest BCUT2D eigenvalue weighted by atomic mass is 10.2. The first-order valence-corrected chi connectivity index (χ1v) is 4.69. The summed E-state index contributed by atoms with van der Waals surface area (Å²) in [5, 5.41) is 11.7. The number of hydrogen-bond donors (Lipinski definition) is 0. The molecule has 16 heavy (non-hydrogen) atoms. The SMILES string of the molecule is COC(=O)Cn1nnc(-c2ccccc2)n1. The van der Waals surface area contributed by atoms with Gasteiger partial charge in [-0.3, -0.25) is 0 Å². The van der Waals surface area contributed by atoms with Gasteiger partial charge in [-0.2, -0.15) is 4.80 Å². The number of hydrogen-bond acceptors (Lipinski definition) is 5. The maximum absolute atomic E-state index is 11.0. The summed E-state index contributed by atoms with van der Waals surface area (Å²) in [5.74, 6) is 0.0847. The van der Waals surface area contributed by atoms with Gasteiger partial charge in [-0.1, -0.05) is 30.3 Å². The fourth-order valence-corrected chi connectivity index (χ4v) is 1.19. The van der Waals surface area contributed by atoms with E-state index in [1.807, 2.05) is 30.3 Å². The highest BCUT2D eigenvalue weighted by Crippen LogP contribution is 2.11. The van der Waals surface area contributed by atoms with Gasteiger partial charge in [-0.25, -0.2) is 4.79 Å². The molecule has 2 rings (SSSR count). The zero-order chi connectivity index (χ0) is 11.4. The van der Waals surface area contributed by atoms with Crippen LogP contribution in [0.4, 0.5) is 0 Å². The van der Waals surface area contributed by atoms with Crippen molar-refractivity contribution in [2.24, 2.45) is 0 Å². The molecule has 0 N–H and O–H groups in total. The standard InChI is InChI=1S/C10H10N4O2/c1-16-9(15)7-14-12-10(11-13-14)8-5-3-2-4-6-8/h2-6H,7H2,1H3. The molecule has 82 valence electrons. The van der Waals surface area contributed by atoms with E-state index in [1.54, 1.807) is 0 Å². The van der Waals surface area contributed by atoms with E-state index in [0.717, 1.165) is 5.56 Å². The molecule has 2 aromatic rings. The maximum atomic E-state index is 11.0. The Kier molecular flexibility index (Phi) is 2.90. The van der Waals surface area contributed by atoms with Crippen LogP contribution in [0.25, 0.3) is 11.4 Å². The summed E-state index contributed by atoms with van der Waals surface area (Å²) in [6, 6.07) is 9.42. The van der Waals surface area contributed by atoms with Gasteiger partial charge < -0.3 is 4.74 Å². The minimum atomic E-state index is -0.406. The molecule has 0 saturated heterocycles. The zero-order valence-electron chi connectivity index (χ0n) is 8.70. The van der Waals surface area contributed by atoms with Crippen LogP contribution in [-0.2, 0) is 16.1 Å². The lowest BCUT2D eigenvalue weighted by Crippen LogP contribution is -2.14. The first-order chi connectivity index (χ1) is 7.79. The van der Waals surface area contributed by atoms with Gasteiger partial charge in [-0.15, -0.1) is 10.2 Å². The second-order valence-corrected chi connectivity index (χ2v) is 3.09. The van der Waals surface area contributed by atoms with Gasteiger partial charge >= 0.3 is 5.97 Å². The summed E-state index contributed by atoms with van der Waals surface area (Å²) < 4.78 is 4.50. The van der Waals surface area contributed by atoms with Crippen molar-refractivity contribution in [3.63, 3.8) is 0 Å². The van der Waals surface area contributed by atoms with Crippen LogP contribution in [0.2, 0.25) is 0 Å². The van der Waals surface area contributed by atoms with Crippen molar-refractivity contribution in [3.05, 3.63) is 30.3 Å². The van der Waals surface area contributed by atoms with Crippen LogP contribution in [0.15, 0.2) is 30.3 Å². The Labute approximate surface area is 91.8 Å². The molecular weight excluding hydrogens is 208 g/mol. The fourth-order valence-electron chi connectivity index (χ4n) is 1.19. The maximum Gasteiger partial charge on any atom is 0.329 e. The van der Waals surface area contributed by atoms with Crippen molar-refractivity contribution in [1.82, 2.24) is 20.2 Å². The number of ether oxygens (including phenoxy) is 1. The summed E-state index contributed by atoms with van der Waals surface area (Å²) >= 11 is 0. The van der Waals surface area contributed by atoms with Gasteiger partial charge in [0.05, 0.1) is 7.11 Å². The molecule has 1 aromatic carbocycles. The van der Waals surface area contributed by atoms with Gasteiger partial charge in [0.25, 0.3) is 0 Å². The Balaban J connectivity index is 2.17. The molecule has 0 radical (unpaired) electrons. The number of methoxy groups -OCH3 is 1. The quantitative estimate of drug-likeness (QED) is 0.702. The smallest absolute Gasteiger partial charge is 0.329 e. The first kappa shape index (κ1) is 10.3. The minimum Gasteiger partial charge on any atom is -0.468 e. The van der Waals surface area contributed by atoms with Crippen molar-refractivity contribution < 1.29 is 9.53 Å². The zero-order valence-corrected chi connectivity index (χ0v) is 8.70. The third-order valence-corrected chi connectivity index (χ3v) is 1.98. The molecule has 0 saturated carbocycles. The number of nitrogens with zero attached hydrogens (tertiary/aromatic N) is 4. The van der Waals surface area contributed by atoms with Crippen molar-refractivity contribution in [3.8, 4) is 11.4 Å². The van der Waals surface area contributed by atoms with Crippen LogP contribution in [0.1, 0.15) is 0 Å². The largest absolute Gasteiger partial charge is 0.468 e. The van der Waals surface area contributed by atoms with Gasteiger partial charge in [0.1, 0.15) is 0 Å². The minimum absolute atomic E-state index is 0.0314. The molecule has 0 aliphatic heterocycles. The average Bonchev–Trinajstić information content (AvgIpc) is 2.78. The average molecular weight is 218 g/mol. The molecule has 0 atom stereocenters. The molecule has 0 aliphatic rings. The molecule has 1 heterocycles. The summed E-state index contributed by atoms with van der Waals surface area (Å²) in [6.45, 7) is -0.0314. The van der Waals surface area contributed by atoms with Gasteiger partial charge in [-0.05, 0) is 5.21 Å². The van der Waals surface area contributed by atoms with E-state index in [4.69, 9.17) is 0 Å². The number of aromatic nitrogens is 4. The van der Waals surface area contributed by atoms with E-state index in [9.17, 15) is 4.79 Å². The van der Waals surface area contributed by atoms with Crippen LogP contribution < -0.4 is 0 Å². The second-order valence-electron chi connectivity index (χ2n) is 3.09. The lowest BCUT2D eigenvalue weighted by Gasteiger charge is -1.95. The molecule has 0 aliphatic carbocycles. The van der Waals surface area contributed by atoms with Gasteiger partial charge in [0.15, 0.2) is 6.54 Å². The number of tetrazole rings is 1. The van der Waals surface area contributed by atoms with E-state index in [2.05, 4.69) is 20.1 Å². The molecule has 0 spiro atoms. The molecular formula is C10H10N4O2. The van der Waals surface area contributed by atoms with Gasteiger partial charge in [0.2, 0.25) is 5.82 Å². The van der Waals surface area contributed by atoms with E-state index in [0.29, 0.717) is 5.82 Å². The summed E-state index contributed by atoms with van der Waals surface area (Å²) in [4.78, 5) is 12.2. The van der Waals surface area contributed by atoms with Crippen molar-refractivity contribution >= 4 is 5.97 Å². The molecule has 1 aromatic heterocycles. The van der Waals surface area contributed by atoms with Crippen molar-refractivity contribution in [2.75, 3.05) is 7.11 Å². The number of carbonyl (C=O) groups excluding carboxylic acids is 1. The predicted molar refractivity (Wildman–Crippen MR) is 55.3 cm³/mol. The molecule has 0 amide bonds. The lowest BCUT2D eigenvalue weighted by molar-refractivity contribution is -0.141. The highest BCUT2D eigenvalue weighted by Gasteiger charge is 2.08. The Morgan fingerprint density at radius 3 is 2.81 bits per heavy atom. The molecule has 0 unspecified atom stereocenters. The highest BCUT2D eigenvalue weighted by molar-refractivity contribution is 5.68. The number of carbonyl (C=O) groups is 1. The summed E-state index contributed by atoms with van der Waals surface area (Å²) in [5.41, 5.74) is 0.860. The highest BCUT2D eigenvalue weighted by atomic mass is 16.5. The van der Waals surface area contributed by atoms with Crippen LogP contribution in [0.5, 0.6) is 0 Å². The normalized spacial score (nSPS) is 10.1. The Morgan fingerprint density at radius 1 is 1.38 bits per heavy atom. The summed E-state index contributed by atoms with van der Waals surface area (Å²) in [6.07, 6.45) is 0. The summed E-state index contributed by atoms with van der Waals surface area (Å²) in [7, 11) is 1.32. The topological polar surface area (TPSA) is 69.9 Å². The van der Waals surface area contributed by atoms with Gasteiger partial charge in [0, 0.05) is 5.56 Å². The first-order valence-electron chi connectivity index (χ1n) is 4.69. The third kappa shape index (κ3) is 2.22. The van der Waals surface area contributed by atoms with E-state index < -0.39 is 5.97 Å². The van der Waals surface area contributed by atoms with Crippen molar-refractivity contribution in [1.29, 1.82) is 0 Å². The molecule has 0 fully saturated rings. The third-order valence-electron chi connectivity index (χ3n) is 1.98.